The van der Waals surface area contributed by atoms with Crippen molar-refractivity contribution in [3.8, 4) is 0 Å². The van der Waals surface area contributed by atoms with Gasteiger partial charge in [0.1, 0.15) is 0 Å². The number of hydrogen-bond donors (Lipinski definition) is 0. The molecule has 0 aromatic heterocycles. The molecule has 0 fully saturated rings. The second-order valence-corrected chi connectivity index (χ2v) is 2.12. The molecule has 1 rings (SSSR count). The average Bonchev–Trinajstić information content (AvgIpc) is 1.83. The predicted octanol–water partition coefficient (Wildman–Crippen LogP) is 3.28. The van der Waals surface area contributed by atoms with E-state index in [9.17, 15) is 4.39 Å². The first-order chi connectivity index (χ1) is 4.22. The topological polar surface area (TPSA) is 0 Å². The van der Waals surface area contributed by atoms with Crippen LogP contribution >= 0.6 is 35.6 Å². The summed E-state index contributed by atoms with van der Waals surface area (Å²) in [7, 11) is 0. The first-order valence-corrected chi connectivity index (χ1v) is 2.85. The van der Waals surface area contributed by atoms with E-state index in [4.69, 9.17) is 11.6 Å². The third kappa shape index (κ3) is 3.72. The molecule has 0 atom stereocenters. The molecule has 58 valence electrons. The van der Waals surface area contributed by atoms with Crippen molar-refractivity contribution < 1.29 is 23.9 Å². The smallest absolute Gasteiger partial charge is 0.0342 e. The number of halogens is 3. The molecule has 0 N–H and O–H groups in total. The van der Waals surface area contributed by atoms with Gasteiger partial charge in [0.2, 0.25) is 0 Å². The van der Waals surface area contributed by atoms with Crippen LogP contribution in [-0.4, -0.2) is 0 Å². The fraction of sp³-hybridized carbons (Fsp3) is 0. The summed E-state index contributed by atoms with van der Waals surface area (Å²) in [6.45, 7) is 3.42. The quantitative estimate of drug-likeness (QED) is 0.387. The summed E-state index contributed by atoms with van der Waals surface area (Å²) >= 11 is 5.40. The Balaban J connectivity index is 0. The molecule has 0 aliphatic heterocycles. The van der Waals surface area contributed by atoms with Crippen LogP contribution in [0.1, 0.15) is 5.56 Å². The molecule has 0 amide bonds. The number of hydrogen-bond acceptors (Lipinski definition) is 0. The van der Waals surface area contributed by atoms with Gasteiger partial charge in [-0.15, -0.1) is 30.0 Å². The molecule has 0 aliphatic rings. The molecular weight excluding hydrogens is 331 g/mol. The monoisotopic (exact) mass is 335 g/mol. The molecular formula is C7H6ClFIZn-. The van der Waals surface area contributed by atoms with Gasteiger partial charge in [-0.25, -0.2) is 0 Å². The van der Waals surface area contributed by atoms with Crippen molar-refractivity contribution >= 4 is 35.6 Å². The molecule has 0 saturated carbocycles. The number of rotatable bonds is 0. The minimum absolute atomic E-state index is 0. The SMILES string of the molecule is I.[CH2-]c1cccc(Cl)c1F.[Zn]. The summed E-state index contributed by atoms with van der Waals surface area (Å²) in [6.07, 6.45) is 0. The van der Waals surface area contributed by atoms with Gasteiger partial charge in [-0.1, -0.05) is 17.7 Å². The van der Waals surface area contributed by atoms with Crippen LogP contribution in [-0.2, 0) is 19.5 Å². The molecule has 0 aliphatic carbocycles. The first-order valence-electron chi connectivity index (χ1n) is 2.48. The maximum absolute atomic E-state index is 12.5. The van der Waals surface area contributed by atoms with E-state index in [2.05, 4.69) is 6.92 Å². The molecule has 0 unspecified atom stereocenters. The van der Waals surface area contributed by atoms with E-state index in [1.807, 2.05) is 0 Å². The van der Waals surface area contributed by atoms with E-state index in [1.54, 1.807) is 12.1 Å². The Morgan fingerprint density at radius 2 is 1.91 bits per heavy atom. The van der Waals surface area contributed by atoms with E-state index < -0.39 is 5.82 Å². The molecule has 0 saturated heterocycles. The van der Waals surface area contributed by atoms with Crippen LogP contribution in [0.2, 0.25) is 5.02 Å². The Morgan fingerprint density at radius 1 is 1.36 bits per heavy atom. The van der Waals surface area contributed by atoms with Gasteiger partial charge in [-0.05, 0) is 0 Å². The second kappa shape index (κ2) is 6.21. The van der Waals surface area contributed by atoms with Crippen molar-refractivity contribution in [1.29, 1.82) is 0 Å². The van der Waals surface area contributed by atoms with Gasteiger partial charge >= 0.3 is 0 Å². The van der Waals surface area contributed by atoms with Crippen LogP contribution in [0.25, 0.3) is 0 Å². The zero-order chi connectivity index (χ0) is 6.85. The zero-order valence-corrected chi connectivity index (χ0v) is 11.9. The Labute approximate surface area is 100 Å². The molecule has 4 heteroatoms. The summed E-state index contributed by atoms with van der Waals surface area (Å²) in [5.74, 6) is -0.431. The van der Waals surface area contributed by atoms with Gasteiger partial charge in [-0.3, -0.25) is 4.39 Å². The van der Waals surface area contributed by atoms with E-state index in [1.165, 1.54) is 6.07 Å². The summed E-state index contributed by atoms with van der Waals surface area (Å²) < 4.78 is 12.5. The van der Waals surface area contributed by atoms with Gasteiger partial charge in [0, 0.05) is 30.3 Å². The molecule has 0 bridgehead atoms. The van der Waals surface area contributed by atoms with Crippen molar-refractivity contribution in [2.75, 3.05) is 0 Å². The number of benzene rings is 1. The Kier molecular flexibility index (Phi) is 8.02. The fourth-order valence-electron chi connectivity index (χ4n) is 0.548. The standard InChI is InChI=1S/C7H5ClF.HI.Zn/c1-5-3-2-4-6(8)7(5)9;;/h2-4H,1H2;1H;/q-1;;. The third-order valence-corrected chi connectivity index (χ3v) is 1.32. The van der Waals surface area contributed by atoms with Crippen LogP contribution in [0, 0.1) is 12.7 Å². The molecule has 0 heterocycles. The minimum atomic E-state index is -0.431. The normalized spacial score (nSPS) is 7.82. The van der Waals surface area contributed by atoms with E-state index in [0.29, 0.717) is 5.56 Å². The van der Waals surface area contributed by atoms with Gasteiger partial charge in [-0.2, -0.15) is 18.6 Å². The zero-order valence-electron chi connectivity index (χ0n) is 5.81. The molecule has 0 spiro atoms. The summed E-state index contributed by atoms with van der Waals surface area (Å²) in [5.41, 5.74) is 0.336. The van der Waals surface area contributed by atoms with Crippen LogP contribution in [0.15, 0.2) is 18.2 Å². The second-order valence-electron chi connectivity index (χ2n) is 1.71. The van der Waals surface area contributed by atoms with Gasteiger partial charge in [0.05, 0.1) is 0 Å². The van der Waals surface area contributed by atoms with Gasteiger partial charge in [0.15, 0.2) is 0 Å². The Morgan fingerprint density at radius 3 is 2.27 bits per heavy atom. The molecule has 1 aromatic carbocycles. The van der Waals surface area contributed by atoms with Gasteiger partial charge < -0.3 is 0 Å². The average molecular weight is 337 g/mol. The Bertz CT molecular complexity index is 209. The minimum Gasteiger partial charge on any atom is -0.282 e. The summed E-state index contributed by atoms with van der Waals surface area (Å²) in [6, 6.07) is 4.72. The maximum atomic E-state index is 12.5. The van der Waals surface area contributed by atoms with Crippen LogP contribution in [0.3, 0.4) is 0 Å². The fourth-order valence-corrected chi connectivity index (χ4v) is 0.743. The molecule has 11 heavy (non-hydrogen) atoms. The summed E-state index contributed by atoms with van der Waals surface area (Å²) in [4.78, 5) is 0. The Hall–Kier alpha value is 0.663. The molecule has 0 nitrogen and oxygen atoms in total. The molecule has 0 radical (unpaired) electrons. The largest absolute Gasteiger partial charge is 0.282 e. The predicted molar refractivity (Wildman–Crippen MR) is 51.3 cm³/mol. The molecule has 1 aromatic rings. The van der Waals surface area contributed by atoms with Crippen molar-refractivity contribution in [2.24, 2.45) is 0 Å². The maximum Gasteiger partial charge on any atom is 0.0342 e. The van der Waals surface area contributed by atoms with Crippen molar-refractivity contribution in [1.82, 2.24) is 0 Å². The van der Waals surface area contributed by atoms with Crippen molar-refractivity contribution in [2.45, 2.75) is 0 Å². The van der Waals surface area contributed by atoms with Crippen LogP contribution < -0.4 is 0 Å². The van der Waals surface area contributed by atoms with Crippen molar-refractivity contribution in [3.05, 3.63) is 41.5 Å². The third-order valence-electron chi connectivity index (χ3n) is 1.03. The van der Waals surface area contributed by atoms with E-state index in [-0.39, 0.29) is 48.5 Å². The first kappa shape index (κ1) is 14.2. The van der Waals surface area contributed by atoms with E-state index >= 15 is 0 Å². The van der Waals surface area contributed by atoms with Crippen LogP contribution in [0.5, 0.6) is 0 Å². The van der Waals surface area contributed by atoms with Crippen LogP contribution in [0.4, 0.5) is 4.39 Å². The van der Waals surface area contributed by atoms with Crippen molar-refractivity contribution in [3.63, 3.8) is 0 Å². The van der Waals surface area contributed by atoms with E-state index in [0.717, 1.165) is 0 Å². The van der Waals surface area contributed by atoms with Gasteiger partial charge in [0.25, 0.3) is 0 Å². The summed E-state index contributed by atoms with van der Waals surface area (Å²) in [5, 5.41) is 0.127.